The number of amides is 1. The van der Waals surface area contributed by atoms with Gasteiger partial charge >= 0.3 is 12.1 Å². The number of nitrogens with zero attached hydrogens (tertiary/aromatic N) is 3. The van der Waals surface area contributed by atoms with Crippen LogP contribution < -0.4 is 5.32 Å². The van der Waals surface area contributed by atoms with Gasteiger partial charge in [0.15, 0.2) is 5.96 Å². The Morgan fingerprint density at radius 2 is 1.62 bits per heavy atom. The number of rotatable bonds is 5. The number of likely N-dealkylation sites (tertiary alicyclic amines) is 1. The smallest absolute Gasteiger partial charge is 0.410 e. The predicted octanol–water partition coefficient (Wildman–Crippen LogP) is 2.87. The van der Waals surface area contributed by atoms with E-state index in [-0.39, 0.29) is 18.6 Å². The molecule has 1 aliphatic rings. The van der Waals surface area contributed by atoms with Crippen LogP contribution >= 0.6 is 0 Å². The van der Waals surface area contributed by atoms with Gasteiger partial charge in [-0.2, -0.15) is 0 Å². The largest absolute Gasteiger partial charge is 0.459 e. The Kier molecular flexibility index (Phi) is 9.23. The lowest BCUT2D eigenvalue weighted by atomic mass is 9.96. The molecule has 1 fully saturated rings. The first-order valence-corrected chi connectivity index (χ1v) is 10.5. The Bertz CT molecular complexity index is 570. The fraction of sp³-hybridized carbons (Fsp3) is 0.857. The highest BCUT2D eigenvalue weighted by Crippen LogP contribution is 2.20. The standard InChI is InChI=1S/C21H40N4O4/c1-9-24(19(27)29-21(5,6)7)15-16-10-12-25(13-11-16)18(22-8)23-14-17(26)28-20(2,3)4/h16H,9-15H2,1-8H3,(H,22,23). The first-order valence-electron chi connectivity index (χ1n) is 10.5. The first-order chi connectivity index (χ1) is 13.3. The molecule has 1 amide bonds. The van der Waals surface area contributed by atoms with Gasteiger partial charge in [-0.05, 0) is 67.2 Å². The summed E-state index contributed by atoms with van der Waals surface area (Å²) in [5.41, 5.74) is -0.986. The Labute approximate surface area is 176 Å². The monoisotopic (exact) mass is 412 g/mol. The van der Waals surface area contributed by atoms with Gasteiger partial charge in [0.1, 0.15) is 17.7 Å². The molecule has 0 aromatic carbocycles. The van der Waals surface area contributed by atoms with E-state index < -0.39 is 11.2 Å². The second-order valence-corrected chi connectivity index (χ2v) is 9.44. The van der Waals surface area contributed by atoms with Crippen molar-refractivity contribution < 1.29 is 19.1 Å². The molecule has 0 aromatic heterocycles. The van der Waals surface area contributed by atoms with Crippen LogP contribution in [-0.4, -0.2) is 78.8 Å². The lowest BCUT2D eigenvalue weighted by Gasteiger charge is -2.36. The van der Waals surface area contributed by atoms with E-state index in [0.29, 0.717) is 25.0 Å². The van der Waals surface area contributed by atoms with Crippen LogP contribution in [0.1, 0.15) is 61.3 Å². The van der Waals surface area contributed by atoms with Gasteiger partial charge in [0.05, 0.1) is 0 Å². The topological polar surface area (TPSA) is 83.5 Å². The maximum absolute atomic E-state index is 12.4. The zero-order chi connectivity index (χ0) is 22.2. The Morgan fingerprint density at radius 1 is 1.07 bits per heavy atom. The highest BCUT2D eigenvalue weighted by molar-refractivity contribution is 5.84. The fourth-order valence-corrected chi connectivity index (χ4v) is 3.16. The van der Waals surface area contributed by atoms with Crippen LogP contribution in [0.15, 0.2) is 4.99 Å². The molecular formula is C21H40N4O4. The fourth-order valence-electron chi connectivity index (χ4n) is 3.16. The average Bonchev–Trinajstić information content (AvgIpc) is 2.58. The van der Waals surface area contributed by atoms with E-state index in [9.17, 15) is 9.59 Å². The van der Waals surface area contributed by atoms with Crippen LogP contribution in [0.3, 0.4) is 0 Å². The molecule has 1 aliphatic heterocycles. The number of carbonyl (C=O) groups is 2. The maximum atomic E-state index is 12.4. The van der Waals surface area contributed by atoms with E-state index >= 15 is 0 Å². The summed E-state index contributed by atoms with van der Waals surface area (Å²) in [5, 5.41) is 3.09. The number of aliphatic imine (C=N–C) groups is 1. The summed E-state index contributed by atoms with van der Waals surface area (Å²) in [6, 6.07) is 0. The number of hydrogen-bond donors (Lipinski definition) is 1. The lowest BCUT2D eigenvalue weighted by Crippen LogP contribution is -2.49. The van der Waals surface area contributed by atoms with Gasteiger partial charge in [0, 0.05) is 33.2 Å². The molecule has 0 spiro atoms. The van der Waals surface area contributed by atoms with E-state index in [4.69, 9.17) is 9.47 Å². The van der Waals surface area contributed by atoms with E-state index in [0.717, 1.165) is 25.9 Å². The van der Waals surface area contributed by atoms with E-state index in [2.05, 4.69) is 15.2 Å². The van der Waals surface area contributed by atoms with Crippen molar-refractivity contribution in [1.29, 1.82) is 0 Å². The summed E-state index contributed by atoms with van der Waals surface area (Å²) in [7, 11) is 1.71. The molecular weight excluding hydrogens is 372 g/mol. The zero-order valence-corrected chi connectivity index (χ0v) is 19.5. The molecule has 1 saturated heterocycles. The summed E-state index contributed by atoms with van der Waals surface area (Å²) in [6.07, 6.45) is 1.65. The van der Waals surface area contributed by atoms with Crippen molar-refractivity contribution in [2.45, 2.75) is 72.5 Å². The molecule has 8 nitrogen and oxygen atoms in total. The minimum Gasteiger partial charge on any atom is -0.459 e. The third-order valence-corrected chi connectivity index (χ3v) is 4.45. The third-order valence-electron chi connectivity index (χ3n) is 4.45. The number of esters is 1. The van der Waals surface area contributed by atoms with Gasteiger partial charge < -0.3 is 24.6 Å². The summed E-state index contributed by atoms with van der Waals surface area (Å²) in [4.78, 5) is 32.5. The second kappa shape index (κ2) is 10.7. The average molecular weight is 413 g/mol. The molecule has 0 radical (unpaired) electrons. The van der Waals surface area contributed by atoms with Crippen molar-refractivity contribution in [3.05, 3.63) is 0 Å². The number of carbonyl (C=O) groups excluding carboxylic acids is 2. The van der Waals surface area contributed by atoms with Gasteiger partial charge in [-0.15, -0.1) is 0 Å². The number of hydrogen-bond acceptors (Lipinski definition) is 5. The van der Waals surface area contributed by atoms with Crippen LogP contribution in [0, 0.1) is 5.92 Å². The second-order valence-electron chi connectivity index (χ2n) is 9.44. The minimum atomic E-state index is -0.500. The lowest BCUT2D eigenvalue weighted by molar-refractivity contribution is -0.153. The minimum absolute atomic E-state index is 0.0894. The van der Waals surface area contributed by atoms with E-state index in [1.165, 1.54) is 0 Å². The molecule has 1 heterocycles. The van der Waals surface area contributed by atoms with Crippen molar-refractivity contribution in [3.8, 4) is 0 Å². The summed E-state index contributed by atoms with van der Waals surface area (Å²) in [6.45, 7) is 16.2. The molecule has 1 rings (SSSR count). The highest BCUT2D eigenvalue weighted by Gasteiger charge is 2.27. The molecule has 8 heteroatoms. The molecule has 29 heavy (non-hydrogen) atoms. The molecule has 168 valence electrons. The normalized spacial score (nSPS) is 16.4. The van der Waals surface area contributed by atoms with Gasteiger partial charge in [0.2, 0.25) is 0 Å². The summed E-state index contributed by atoms with van der Waals surface area (Å²) in [5.74, 6) is 0.820. The van der Waals surface area contributed by atoms with Crippen molar-refractivity contribution in [2.75, 3.05) is 39.8 Å². The van der Waals surface area contributed by atoms with Crippen LogP contribution in [0.5, 0.6) is 0 Å². The molecule has 0 unspecified atom stereocenters. The van der Waals surface area contributed by atoms with Crippen molar-refractivity contribution in [1.82, 2.24) is 15.1 Å². The molecule has 1 N–H and O–H groups in total. The summed E-state index contributed by atoms with van der Waals surface area (Å²) >= 11 is 0. The van der Waals surface area contributed by atoms with Crippen LogP contribution in [0.2, 0.25) is 0 Å². The number of ether oxygens (including phenoxy) is 2. The van der Waals surface area contributed by atoms with Crippen LogP contribution in [-0.2, 0) is 14.3 Å². The third kappa shape index (κ3) is 9.85. The van der Waals surface area contributed by atoms with Crippen LogP contribution in [0.25, 0.3) is 0 Å². The maximum Gasteiger partial charge on any atom is 0.410 e. The Morgan fingerprint density at radius 3 is 2.07 bits per heavy atom. The van der Waals surface area contributed by atoms with Gasteiger partial charge in [-0.3, -0.25) is 9.79 Å². The van der Waals surface area contributed by atoms with Crippen LogP contribution in [0.4, 0.5) is 4.79 Å². The molecule has 0 atom stereocenters. The zero-order valence-electron chi connectivity index (χ0n) is 19.5. The van der Waals surface area contributed by atoms with Crippen molar-refractivity contribution >= 4 is 18.0 Å². The quantitative estimate of drug-likeness (QED) is 0.425. The van der Waals surface area contributed by atoms with Crippen molar-refractivity contribution in [3.63, 3.8) is 0 Å². The Hall–Kier alpha value is -1.99. The Balaban J connectivity index is 2.49. The van der Waals surface area contributed by atoms with Gasteiger partial charge in [-0.25, -0.2) is 4.79 Å². The number of nitrogens with one attached hydrogen (secondary N) is 1. The first kappa shape index (κ1) is 25.0. The molecule has 0 bridgehead atoms. The number of piperidine rings is 1. The van der Waals surface area contributed by atoms with Gasteiger partial charge in [0.25, 0.3) is 0 Å². The molecule has 0 saturated carbocycles. The molecule has 0 aliphatic carbocycles. The SMILES string of the molecule is CCN(CC1CCN(C(=NC)NCC(=O)OC(C)(C)C)CC1)C(=O)OC(C)(C)C. The summed E-state index contributed by atoms with van der Waals surface area (Å²) < 4.78 is 10.8. The van der Waals surface area contributed by atoms with Crippen molar-refractivity contribution in [2.24, 2.45) is 10.9 Å². The number of guanidine groups is 1. The van der Waals surface area contributed by atoms with E-state index in [1.54, 1.807) is 11.9 Å². The van der Waals surface area contributed by atoms with E-state index in [1.807, 2.05) is 48.5 Å². The predicted molar refractivity (Wildman–Crippen MR) is 115 cm³/mol. The molecule has 0 aromatic rings. The highest BCUT2D eigenvalue weighted by atomic mass is 16.6. The van der Waals surface area contributed by atoms with Gasteiger partial charge in [-0.1, -0.05) is 0 Å².